The molecule has 0 heterocycles. The molecule has 0 atom stereocenters. The van der Waals surface area contributed by atoms with E-state index in [1.165, 1.54) is 6.07 Å². The highest BCUT2D eigenvalue weighted by Crippen LogP contribution is 2.17. The lowest BCUT2D eigenvalue weighted by molar-refractivity contribution is 0.574. The van der Waals surface area contributed by atoms with Crippen LogP contribution in [0, 0.1) is 18.6 Å². The van der Waals surface area contributed by atoms with Gasteiger partial charge in [0.25, 0.3) is 0 Å². The van der Waals surface area contributed by atoms with Gasteiger partial charge < -0.3 is 0 Å². The summed E-state index contributed by atoms with van der Waals surface area (Å²) < 4.78 is 25.3. The topological polar surface area (TPSA) is 0 Å². The molecule has 0 nitrogen and oxygen atoms in total. The Morgan fingerprint density at radius 1 is 1.36 bits per heavy atom. The van der Waals surface area contributed by atoms with Gasteiger partial charge in [0.1, 0.15) is 11.6 Å². The summed E-state index contributed by atoms with van der Waals surface area (Å²) >= 11 is 3.12. The van der Waals surface area contributed by atoms with Crippen LogP contribution in [0.5, 0.6) is 0 Å². The molecule has 0 aliphatic carbocycles. The minimum Gasteiger partial charge on any atom is -0.207 e. The Hall–Kier alpha value is -0.440. The molecule has 0 amide bonds. The smallest absolute Gasteiger partial charge is 0.130 e. The van der Waals surface area contributed by atoms with Crippen LogP contribution in [0.3, 0.4) is 0 Å². The van der Waals surface area contributed by atoms with Gasteiger partial charge in [0.05, 0.1) is 0 Å². The van der Waals surface area contributed by atoms with Gasteiger partial charge in [0.2, 0.25) is 0 Å². The molecular weight excluding hydrogens is 214 g/mol. The summed E-state index contributed by atoms with van der Waals surface area (Å²) in [5.74, 6) is -1.01. The number of alkyl halides is 1. The largest absolute Gasteiger partial charge is 0.207 e. The zero-order valence-electron chi connectivity index (χ0n) is 6.00. The van der Waals surface area contributed by atoms with Crippen LogP contribution in [-0.4, -0.2) is 0 Å². The molecule has 1 aromatic rings. The Morgan fingerprint density at radius 2 is 2.00 bits per heavy atom. The summed E-state index contributed by atoms with van der Waals surface area (Å²) in [4.78, 5) is 0. The highest BCUT2D eigenvalue weighted by atomic mass is 79.9. The van der Waals surface area contributed by atoms with Crippen molar-refractivity contribution in [2.75, 3.05) is 0 Å². The number of hydrogen-bond acceptors (Lipinski definition) is 0. The first-order valence-corrected chi connectivity index (χ1v) is 4.27. The lowest BCUT2D eigenvalue weighted by Crippen LogP contribution is -1.92. The Bertz CT molecular complexity index is 248. The fourth-order valence-corrected chi connectivity index (χ4v) is 1.61. The molecule has 1 rings (SSSR count). The first-order chi connectivity index (χ1) is 5.15. The van der Waals surface area contributed by atoms with Crippen LogP contribution in [0.25, 0.3) is 0 Å². The highest BCUT2D eigenvalue weighted by Gasteiger charge is 2.05. The van der Waals surface area contributed by atoms with E-state index in [2.05, 4.69) is 15.9 Å². The maximum absolute atomic E-state index is 12.8. The fraction of sp³-hybridized carbons (Fsp3) is 0.250. The zero-order chi connectivity index (χ0) is 8.43. The average Bonchev–Trinajstić information content (AvgIpc) is 1.85. The average molecular weight is 221 g/mol. The molecule has 0 aromatic heterocycles. The Morgan fingerprint density at radius 3 is 2.45 bits per heavy atom. The van der Waals surface area contributed by atoms with Crippen LogP contribution in [0.15, 0.2) is 12.1 Å². The van der Waals surface area contributed by atoms with Crippen molar-refractivity contribution in [3.05, 3.63) is 34.9 Å². The van der Waals surface area contributed by atoms with E-state index in [4.69, 9.17) is 0 Å². The second kappa shape index (κ2) is 3.30. The molecule has 0 unspecified atom stereocenters. The van der Waals surface area contributed by atoms with Crippen molar-refractivity contribution in [1.82, 2.24) is 0 Å². The summed E-state index contributed by atoms with van der Waals surface area (Å²) in [5, 5.41) is 0.422. The molecule has 0 saturated carbocycles. The predicted molar refractivity (Wildman–Crippen MR) is 43.7 cm³/mol. The molecular formula is C8H7BrF2. The van der Waals surface area contributed by atoms with Crippen LogP contribution < -0.4 is 0 Å². The third-order valence-electron chi connectivity index (χ3n) is 1.52. The maximum atomic E-state index is 12.8. The van der Waals surface area contributed by atoms with Gasteiger partial charge in [0, 0.05) is 17.0 Å². The summed E-state index contributed by atoms with van der Waals surface area (Å²) in [6, 6.07) is 2.21. The standard InChI is InChI=1S/C8H7BrF2/c1-5-2-6(10)3-8(11)7(5)4-9/h2-3H,4H2,1H3. The fourth-order valence-electron chi connectivity index (χ4n) is 0.901. The van der Waals surface area contributed by atoms with E-state index in [1.54, 1.807) is 6.92 Å². The van der Waals surface area contributed by atoms with E-state index in [0.717, 1.165) is 6.07 Å². The summed E-state index contributed by atoms with van der Waals surface area (Å²) in [7, 11) is 0. The molecule has 11 heavy (non-hydrogen) atoms. The minimum atomic E-state index is -0.523. The van der Waals surface area contributed by atoms with Crippen LogP contribution in [-0.2, 0) is 5.33 Å². The SMILES string of the molecule is Cc1cc(F)cc(F)c1CBr. The summed E-state index contributed by atoms with van der Waals surface area (Å²) in [6.45, 7) is 1.68. The van der Waals surface area contributed by atoms with Gasteiger partial charge in [-0.1, -0.05) is 15.9 Å². The van der Waals surface area contributed by atoms with Crippen LogP contribution in [0.4, 0.5) is 8.78 Å². The molecule has 0 saturated heterocycles. The maximum Gasteiger partial charge on any atom is 0.130 e. The van der Waals surface area contributed by atoms with E-state index >= 15 is 0 Å². The molecule has 0 aliphatic rings. The van der Waals surface area contributed by atoms with Gasteiger partial charge in [-0.25, -0.2) is 8.78 Å². The van der Waals surface area contributed by atoms with Crippen molar-refractivity contribution in [2.45, 2.75) is 12.3 Å². The number of rotatable bonds is 1. The Kier molecular flexibility index (Phi) is 2.60. The van der Waals surface area contributed by atoms with Crippen molar-refractivity contribution in [3.8, 4) is 0 Å². The number of aryl methyl sites for hydroxylation is 1. The second-order valence-corrected chi connectivity index (χ2v) is 2.88. The van der Waals surface area contributed by atoms with Crippen molar-refractivity contribution in [1.29, 1.82) is 0 Å². The molecule has 0 radical (unpaired) electrons. The predicted octanol–water partition coefficient (Wildman–Crippen LogP) is 3.17. The molecule has 0 spiro atoms. The minimum absolute atomic E-state index is 0.422. The lowest BCUT2D eigenvalue weighted by atomic mass is 10.1. The third-order valence-corrected chi connectivity index (χ3v) is 2.08. The molecule has 0 N–H and O–H groups in total. The molecule has 0 bridgehead atoms. The molecule has 60 valence electrons. The number of halogens is 3. The van der Waals surface area contributed by atoms with E-state index in [1.807, 2.05) is 0 Å². The lowest BCUT2D eigenvalue weighted by Gasteiger charge is -2.02. The first-order valence-electron chi connectivity index (χ1n) is 3.15. The Balaban J connectivity index is 3.25. The van der Waals surface area contributed by atoms with Crippen LogP contribution in [0.1, 0.15) is 11.1 Å². The molecule has 3 heteroatoms. The van der Waals surface area contributed by atoms with Gasteiger partial charge in [-0.2, -0.15) is 0 Å². The molecule has 0 aliphatic heterocycles. The van der Waals surface area contributed by atoms with Crippen molar-refractivity contribution in [3.63, 3.8) is 0 Å². The second-order valence-electron chi connectivity index (χ2n) is 2.32. The van der Waals surface area contributed by atoms with Crippen molar-refractivity contribution in [2.24, 2.45) is 0 Å². The monoisotopic (exact) mass is 220 g/mol. The van der Waals surface area contributed by atoms with E-state index in [0.29, 0.717) is 16.5 Å². The first kappa shape index (κ1) is 8.65. The zero-order valence-corrected chi connectivity index (χ0v) is 7.58. The van der Waals surface area contributed by atoms with Crippen LogP contribution >= 0.6 is 15.9 Å². The van der Waals surface area contributed by atoms with E-state index in [-0.39, 0.29) is 0 Å². The van der Waals surface area contributed by atoms with Gasteiger partial charge in [-0.3, -0.25) is 0 Å². The third kappa shape index (κ3) is 1.77. The van der Waals surface area contributed by atoms with Crippen LogP contribution in [0.2, 0.25) is 0 Å². The van der Waals surface area contributed by atoms with Gasteiger partial charge in [0.15, 0.2) is 0 Å². The summed E-state index contributed by atoms with van der Waals surface area (Å²) in [6.07, 6.45) is 0. The summed E-state index contributed by atoms with van der Waals surface area (Å²) in [5.41, 5.74) is 1.16. The van der Waals surface area contributed by atoms with Crippen molar-refractivity contribution < 1.29 is 8.78 Å². The number of hydrogen-bond donors (Lipinski definition) is 0. The van der Waals surface area contributed by atoms with Gasteiger partial charge in [-0.05, 0) is 18.6 Å². The molecule has 0 fully saturated rings. The van der Waals surface area contributed by atoms with E-state index in [9.17, 15) is 8.78 Å². The van der Waals surface area contributed by atoms with Crippen molar-refractivity contribution >= 4 is 15.9 Å². The highest BCUT2D eigenvalue weighted by molar-refractivity contribution is 9.08. The number of benzene rings is 1. The normalized spacial score (nSPS) is 10.2. The van der Waals surface area contributed by atoms with Gasteiger partial charge in [-0.15, -0.1) is 0 Å². The molecule has 1 aromatic carbocycles. The Labute approximate surface area is 72.4 Å². The van der Waals surface area contributed by atoms with E-state index < -0.39 is 11.6 Å². The quantitative estimate of drug-likeness (QED) is 0.639. The van der Waals surface area contributed by atoms with Gasteiger partial charge >= 0.3 is 0 Å².